The molecule has 1 aliphatic rings. The first-order valence-corrected chi connectivity index (χ1v) is 7.21. The van der Waals surface area contributed by atoms with Gasteiger partial charge in [0.05, 0.1) is 0 Å². The highest BCUT2D eigenvalue weighted by Crippen LogP contribution is 2.29. The molecular formula is C17H18ClN. The molecule has 0 fully saturated rings. The third kappa shape index (κ3) is 2.68. The Morgan fingerprint density at radius 3 is 2.79 bits per heavy atom. The molecule has 1 unspecified atom stereocenters. The Balaban J connectivity index is 2.03. The van der Waals surface area contributed by atoms with Crippen LogP contribution >= 0.6 is 11.6 Å². The van der Waals surface area contributed by atoms with E-state index in [4.69, 9.17) is 11.6 Å². The summed E-state index contributed by atoms with van der Waals surface area (Å²) >= 11 is 6.08. The first-order chi connectivity index (χ1) is 9.24. The van der Waals surface area contributed by atoms with E-state index in [1.54, 1.807) is 0 Å². The molecule has 0 saturated carbocycles. The summed E-state index contributed by atoms with van der Waals surface area (Å²) in [4.78, 5) is 0. The lowest BCUT2D eigenvalue weighted by molar-refractivity contribution is 0.644. The molecule has 0 amide bonds. The summed E-state index contributed by atoms with van der Waals surface area (Å²) < 4.78 is 0. The molecule has 2 heteroatoms. The molecule has 1 aliphatic heterocycles. The van der Waals surface area contributed by atoms with Crippen LogP contribution in [0.3, 0.4) is 0 Å². The molecule has 0 saturated heterocycles. The van der Waals surface area contributed by atoms with Crippen LogP contribution in [0.4, 0.5) is 0 Å². The largest absolute Gasteiger partial charge is 0.316 e. The van der Waals surface area contributed by atoms with E-state index >= 15 is 0 Å². The van der Waals surface area contributed by atoms with Crippen LogP contribution in [0.2, 0.25) is 5.02 Å². The molecule has 19 heavy (non-hydrogen) atoms. The Kier molecular flexibility index (Phi) is 3.58. The molecule has 3 rings (SSSR count). The lowest BCUT2D eigenvalue weighted by Crippen LogP contribution is -2.18. The zero-order valence-electron chi connectivity index (χ0n) is 11.1. The van der Waals surface area contributed by atoms with Crippen molar-refractivity contribution in [2.75, 3.05) is 13.1 Å². The molecule has 2 aromatic rings. The number of hydrogen-bond acceptors (Lipinski definition) is 1. The maximum Gasteiger partial charge on any atom is 0.0412 e. The minimum absolute atomic E-state index is 0.589. The molecule has 1 heterocycles. The minimum Gasteiger partial charge on any atom is -0.316 e. The van der Waals surface area contributed by atoms with E-state index in [1.807, 2.05) is 18.2 Å². The summed E-state index contributed by atoms with van der Waals surface area (Å²) in [7, 11) is 0. The van der Waals surface area contributed by atoms with Crippen molar-refractivity contribution in [3.05, 3.63) is 58.6 Å². The number of hydrogen-bond donors (Lipinski definition) is 1. The highest BCUT2D eigenvalue weighted by molar-refractivity contribution is 6.30. The fraction of sp³-hybridized carbons (Fsp3) is 0.294. The van der Waals surface area contributed by atoms with Gasteiger partial charge in [0.1, 0.15) is 0 Å². The average molecular weight is 272 g/mol. The van der Waals surface area contributed by atoms with Gasteiger partial charge in [-0.1, -0.05) is 48.9 Å². The van der Waals surface area contributed by atoms with E-state index in [0.717, 1.165) is 24.5 Å². The van der Waals surface area contributed by atoms with Crippen molar-refractivity contribution in [3.63, 3.8) is 0 Å². The summed E-state index contributed by atoms with van der Waals surface area (Å²) in [6.07, 6.45) is 1.11. The molecule has 0 bridgehead atoms. The Morgan fingerprint density at radius 1 is 1.11 bits per heavy atom. The van der Waals surface area contributed by atoms with Crippen LogP contribution in [-0.2, 0) is 6.42 Å². The van der Waals surface area contributed by atoms with Crippen LogP contribution in [0.5, 0.6) is 0 Å². The van der Waals surface area contributed by atoms with Crippen LogP contribution in [0.1, 0.15) is 24.0 Å². The Hall–Kier alpha value is -1.31. The van der Waals surface area contributed by atoms with Crippen molar-refractivity contribution in [1.29, 1.82) is 0 Å². The Morgan fingerprint density at radius 2 is 1.95 bits per heavy atom. The van der Waals surface area contributed by atoms with E-state index in [-0.39, 0.29) is 0 Å². The van der Waals surface area contributed by atoms with Crippen molar-refractivity contribution in [1.82, 2.24) is 5.32 Å². The number of nitrogens with one attached hydrogen (secondary N) is 1. The van der Waals surface area contributed by atoms with Crippen LogP contribution in [0, 0.1) is 0 Å². The summed E-state index contributed by atoms with van der Waals surface area (Å²) in [6.45, 7) is 4.43. The third-order valence-electron chi connectivity index (χ3n) is 3.85. The number of halogens is 1. The summed E-state index contributed by atoms with van der Waals surface area (Å²) in [5, 5.41) is 4.29. The van der Waals surface area contributed by atoms with E-state index in [1.165, 1.54) is 22.3 Å². The van der Waals surface area contributed by atoms with Gasteiger partial charge in [-0.25, -0.2) is 0 Å². The zero-order chi connectivity index (χ0) is 13.2. The molecule has 98 valence electrons. The number of rotatable bonds is 1. The maximum absolute atomic E-state index is 6.08. The van der Waals surface area contributed by atoms with Crippen LogP contribution in [0.15, 0.2) is 42.5 Å². The van der Waals surface area contributed by atoms with Crippen molar-refractivity contribution >= 4 is 11.6 Å². The lowest BCUT2D eigenvalue weighted by Gasteiger charge is -2.14. The second-order valence-corrected chi connectivity index (χ2v) is 5.72. The molecule has 0 spiro atoms. The van der Waals surface area contributed by atoms with Gasteiger partial charge in [0.15, 0.2) is 0 Å². The molecular weight excluding hydrogens is 254 g/mol. The second-order valence-electron chi connectivity index (χ2n) is 5.28. The van der Waals surface area contributed by atoms with E-state index < -0.39 is 0 Å². The standard InChI is InChI=1S/C17H18ClN/c1-12-11-19-8-7-15-9-14(5-6-17(12)15)13-3-2-4-16(18)10-13/h2-6,9-10,12,19H,7-8,11H2,1H3. The van der Waals surface area contributed by atoms with Crippen LogP contribution in [-0.4, -0.2) is 13.1 Å². The lowest BCUT2D eigenvalue weighted by atomic mass is 9.92. The molecule has 2 aromatic carbocycles. The quantitative estimate of drug-likeness (QED) is 0.817. The number of fused-ring (bicyclic) bond motifs is 1. The predicted molar refractivity (Wildman–Crippen MR) is 81.9 cm³/mol. The number of benzene rings is 2. The van der Waals surface area contributed by atoms with E-state index in [0.29, 0.717) is 5.92 Å². The summed E-state index contributed by atoms with van der Waals surface area (Å²) in [5.74, 6) is 0.589. The highest BCUT2D eigenvalue weighted by Gasteiger charge is 2.14. The van der Waals surface area contributed by atoms with Gasteiger partial charge >= 0.3 is 0 Å². The highest BCUT2D eigenvalue weighted by atomic mass is 35.5. The normalized spacial score (nSPS) is 18.7. The Labute approximate surface area is 119 Å². The van der Waals surface area contributed by atoms with Gasteiger partial charge in [0, 0.05) is 11.6 Å². The molecule has 0 aliphatic carbocycles. The second kappa shape index (κ2) is 5.36. The van der Waals surface area contributed by atoms with Crippen molar-refractivity contribution in [2.24, 2.45) is 0 Å². The molecule has 1 N–H and O–H groups in total. The van der Waals surface area contributed by atoms with Crippen LogP contribution in [0.25, 0.3) is 11.1 Å². The fourth-order valence-electron chi connectivity index (χ4n) is 2.80. The third-order valence-corrected chi connectivity index (χ3v) is 4.09. The smallest absolute Gasteiger partial charge is 0.0412 e. The SMILES string of the molecule is CC1CNCCc2cc(-c3cccc(Cl)c3)ccc21. The fourth-order valence-corrected chi connectivity index (χ4v) is 2.99. The van der Waals surface area contributed by atoms with Gasteiger partial charge in [0.2, 0.25) is 0 Å². The zero-order valence-corrected chi connectivity index (χ0v) is 11.9. The van der Waals surface area contributed by atoms with Gasteiger partial charge in [-0.15, -0.1) is 0 Å². The van der Waals surface area contributed by atoms with E-state index in [2.05, 4.69) is 36.5 Å². The average Bonchev–Trinajstić information content (AvgIpc) is 2.60. The minimum atomic E-state index is 0.589. The van der Waals surface area contributed by atoms with Crippen molar-refractivity contribution in [2.45, 2.75) is 19.3 Å². The van der Waals surface area contributed by atoms with Gasteiger partial charge in [0.25, 0.3) is 0 Å². The molecule has 1 atom stereocenters. The topological polar surface area (TPSA) is 12.0 Å². The van der Waals surface area contributed by atoms with Gasteiger partial charge < -0.3 is 5.32 Å². The van der Waals surface area contributed by atoms with Gasteiger partial charge in [-0.2, -0.15) is 0 Å². The van der Waals surface area contributed by atoms with Gasteiger partial charge in [-0.3, -0.25) is 0 Å². The summed E-state index contributed by atoms with van der Waals surface area (Å²) in [5.41, 5.74) is 5.40. The predicted octanol–water partition coefficient (Wildman–Crippen LogP) is 4.26. The first-order valence-electron chi connectivity index (χ1n) is 6.83. The van der Waals surface area contributed by atoms with Crippen molar-refractivity contribution < 1.29 is 0 Å². The maximum atomic E-state index is 6.08. The molecule has 1 nitrogen and oxygen atoms in total. The van der Waals surface area contributed by atoms with E-state index in [9.17, 15) is 0 Å². The monoisotopic (exact) mass is 271 g/mol. The van der Waals surface area contributed by atoms with Crippen LogP contribution < -0.4 is 5.32 Å². The van der Waals surface area contributed by atoms with Gasteiger partial charge in [-0.05, 0) is 53.3 Å². The Bertz CT molecular complexity index is 592. The summed E-state index contributed by atoms with van der Waals surface area (Å²) in [6, 6.07) is 14.9. The molecule has 0 radical (unpaired) electrons. The van der Waals surface area contributed by atoms with Crippen molar-refractivity contribution in [3.8, 4) is 11.1 Å². The first kappa shape index (κ1) is 12.7. The molecule has 0 aromatic heterocycles.